The number of nitrogens with two attached hydrogens (primary N) is 1. The number of hydrogen-bond acceptors (Lipinski definition) is 6. The van der Waals surface area contributed by atoms with Gasteiger partial charge in [-0.05, 0) is 53.8 Å². The molecule has 0 unspecified atom stereocenters. The largest absolute Gasteiger partial charge is 0.383 e. The highest BCUT2D eigenvalue weighted by Gasteiger charge is 2.17. The van der Waals surface area contributed by atoms with E-state index in [9.17, 15) is 0 Å². The average molecular weight is 461 g/mol. The SMILES string of the molecule is Cc1ccc2c(N)nc(-c3cccc(C(C)(C)C)c3)cc2c1Nc1ncccc1-c1ccncn1. The lowest BCUT2D eigenvalue weighted by atomic mass is 9.86. The van der Waals surface area contributed by atoms with Crippen LogP contribution in [0, 0.1) is 6.92 Å². The quantitative estimate of drug-likeness (QED) is 0.311. The summed E-state index contributed by atoms with van der Waals surface area (Å²) in [6, 6.07) is 20.5. The second-order valence-electron chi connectivity index (χ2n) is 9.70. The zero-order valence-electron chi connectivity index (χ0n) is 20.4. The van der Waals surface area contributed by atoms with E-state index in [-0.39, 0.29) is 5.41 Å². The molecule has 35 heavy (non-hydrogen) atoms. The first-order chi connectivity index (χ1) is 16.8. The third kappa shape index (κ3) is 4.43. The van der Waals surface area contributed by atoms with Crippen LogP contribution >= 0.6 is 0 Å². The van der Waals surface area contributed by atoms with Gasteiger partial charge in [0, 0.05) is 34.3 Å². The molecule has 3 aromatic heterocycles. The van der Waals surface area contributed by atoms with E-state index >= 15 is 0 Å². The van der Waals surface area contributed by atoms with Gasteiger partial charge in [-0.2, -0.15) is 0 Å². The summed E-state index contributed by atoms with van der Waals surface area (Å²) in [6.45, 7) is 8.71. The summed E-state index contributed by atoms with van der Waals surface area (Å²) in [5.41, 5.74) is 13.4. The highest BCUT2D eigenvalue weighted by atomic mass is 15.0. The van der Waals surface area contributed by atoms with Crippen molar-refractivity contribution in [1.82, 2.24) is 19.9 Å². The normalized spacial score (nSPS) is 11.5. The van der Waals surface area contributed by atoms with Crippen LogP contribution in [0.4, 0.5) is 17.3 Å². The zero-order chi connectivity index (χ0) is 24.6. The molecule has 174 valence electrons. The van der Waals surface area contributed by atoms with E-state index < -0.39 is 0 Å². The molecule has 0 spiro atoms. The number of aromatic nitrogens is 4. The number of aryl methyl sites for hydroxylation is 1. The Morgan fingerprint density at radius 3 is 2.46 bits per heavy atom. The maximum atomic E-state index is 6.48. The van der Waals surface area contributed by atoms with Crippen LogP contribution in [-0.2, 0) is 5.41 Å². The molecule has 0 radical (unpaired) electrons. The molecular weight excluding hydrogens is 432 g/mol. The number of pyridine rings is 2. The Labute approximate surface area is 205 Å². The first-order valence-corrected chi connectivity index (χ1v) is 11.6. The third-order valence-electron chi connectivity index (χ3n) is 6.19. The lowest BCUT2D eigenvalue weighted by Crippen LogP contribution is -2.10. The van der Waals surface area contributed by atoms with Crippen molar-refractivity contribution in [2.24, 2.45) is 0 Å². The van der Waals surface area contributed by atoms with Gasteiger partial charge in [-0.1, -0.05) is 51.1 Å². The fraction of sp³-hybridized carbons (Fsp3) is 0.172. The second-order valence-corrected chi connectivity index (χ2v) is 9.70. The van der Waals surface area contributed by atoms with Crippen LogP contribution in [-0.4, -0.2) is 19.9 Å². The first-order valence-electron chi connectivity index (χ1n) is 11.6. The van der Waals surface area contributed by atoms with Crippen molar-refractivity contribution in [2.75, 3.05) is 11.1 Å². The fourth-order valence-electron chi connectivity index (χ4n) is 4.20. The second kappa shape index (κ2) is 8.80. The van der Waals surface area contributed by atoms with E-state index in [4.69, 9.17) is 10.7 Å². The summed E-state index contributed by atoms with van der Waals surface area (Å²) in [6.07, 6.45) is 5.04. The van der Waals surface area contributed by atoms with Gasteiger partial charge in [0.25, 0.3) is 0 Å². The molecule has 0 amide bonds. The van der Waals surface area contributed by atoms with Crippen molar-refractivity contribution in [2.45, 2.75) is 33.1 Å². The molecule has 0 aliphatic heterocycles. The number of benzene rings is 2. The third-order valence-corrected chi connectivity index (χ3v) is 6.19. The number of anilines is 3. The van der Waals surface area contributed by atoms with Crippen LogP contribution in [0.5, 0.6) is 0 Å². The van der Waals surface area contributed by atoms with E-state index in [2.05, 4.69) is 84.4 Å². The predicted octanol–water partition coefficient (Wildman–Crippen LogP) is 6.69. The molecular formula is C29H28N6. The first kappa shape index (κ1) is 22.5. The molecule has 0 bridgehead atoms. The summed E-state index contributed by atoms with van der Waals surface area (Å²) < 4.78 is 0. The van der Waals surface area contributed by atoms with Gasteiger partial charge < -0.3 is 11.1 Å². The van der Waals surface area contributed by atoms with Crippen LogP contribution in [0.3, 0.4) is 0 Å². The van der Waals surface area contributed by atoms with Gasteiger partial charge in [-0.3, -0.25) is 0 Å². The van der Waals surface area contributed by atoms with Gasteiger partial charge >= 0.3 is 0 Å². The van der Waals surface area contributed by atoms with Gasteiger partial charge in [0.05, 0.1) is 17.1 Å². The van der Waals surface area contributed by atoms with E-state index in [0.717, 1.165) is 44.5 Å². The van der Waals surface area contributed by atoms with E-state index in [1.807, 2.05) is 24.3 Å². The standard InChI is InChI=1S/C29H28N6/c1-18-10-11-21-23(16-25(34-27(21)30)19-7-5-8-20(15-19)29(2,3)4)26(18)35-28-22(9-6-13-32-28)24-12-14-31-17-33-24/h5-17H,1-4H3,(H2,30,34)(H,32,35). The molecule has 6 heteroatoms. The Bertz CT molecular complexity index is 1520. The monoisotopic (exact) mass is 460 g/mol. The summed E-state index contributed by atoms with van der Waals surface area (Å²) in [5.74, 6) is 1.22. The molecule has 3 heterocycles. The zero-order valence-corrected chi connectivity index (χ0v) is 20.4. The molecule has 0 atom stereocenters. The summed E-state index contributed by atoms with van der Waals surface area (Å²) >= 11 is 0. The highest BCUT2D eigenvalue weighted by molar-refractivity contribution is 6.04. The van der Waals surface area contributed by atoms with Gasteiger partial charge in [-0.15, -0.1) is 0 Å². The van der Waals surface area contributed by atoms with E-state index in [1.54, 1.807) is 18.7 Å². The van der Waals surface area contributed by atoms with Crippen LogP contribution in [0.25, 0.3) is 33.3 Å². The van der Waals surface area contributed by atoms with Crippen molar-refractivity contribution in [3.05, 3.63) is 90.5 Å². The fourth-order valence-corrected chi connectivity index (χ4v) is 4.20. The molecule has 0 saturated heterocycles. The molecule has 0 aliphatic carbocycles. The molecule has 6 nitrogen and oxygen atoms in total. The summed E-state index contributed by atoms with van der Waals surface area (Å²) in [4.78, 5) is 17.8. The Morgan fingerprint density at radius 2 is 1.69 bits per heavy atom. The van der Waals surface area contributed by atoms with Crippen molar-refractivity contribution in [1.29, 1.82) is 0 Å². The van der Waals surface area contributed by atoms with Crippen LogP contribution in [0.15, 0.2) is 79.4 Å². The maximum Gasteiger partial charge on any atom is 0.139 e. The van der Waals surface area contributed by atoms with E-state index in [1.165, 1.54) is 5.56 Å². The Balaban J connectivity index is 1.66. The number of fused-ring (bicyclic) bond motifs is 1. The minimum atomic E-state index is 0.0398. The summed E-state index contributed by atoms with van der Waals surface area (Å²) in [7, 11) is 0. The number of hydrogen-bond donors (Lipinski definition) is 2. The number of nitrogens with one attached hydrogen (secondary N) is 1. The topological polar surface area (TPSA) is 89.6 Å². The minimum absolute atomic E-state index is 0.0398. The average Bonchev–Trinajstić information content (AvgIpc) is 2.86. The minimum Gasteiger partial charge on any atom is -0.383 e. The smallest absolute Gasteiger partial charge is 0.139 e. The summed E-state index contributed by atoms with van der Waals surface area (Å²) in [5, 5.41) is 5.46. The Hall–Kier alpha value is -4.32. The molecule has 0 fully saturated rings. The Morgan fingerprint density at radius 1 is 0.829 bits per heavy atom. The number of rotatable bonds is 4. The van der Waals surface area contributed by atoms with Crippen LogP contribution in [0.1, 0.15) is 31.9 Å². The van der Waals surface area contributed by atoms with Crippen molar-refractivity contribution in [3.8, 4) is 22.5 Å². The number of nitrogens with zero attached hydrogens (tertiary/aromatic N) is 4. The Kier molecular flexibility index (Phi) is 5.65. The molecule has 5 rings (SSSR count). The lowest BCUT2D eigenvalue weighted by molar-refractivity contribution is 0.590. The number of nitrogen functional groups attached to an aromatic ring is 1. The van der Waals surface area contributed by atoms with Crippen molar-refractivity contribution >= 4 is 28.1 Å². The van der Waals surface area contributed by atoms with E-state index in [0.29, 0.717) is 11.6 Å². The van der Waals surface area contributed by atoms with Gasteiger partial charge in [0.1, 0.15) is 18.0 Å². The maximum absolute atomic E-state index is 6.48. The molecule has 2 aromatic carbocycles. The molecule has 3 N–H and O–H groups in total. The van der Waals surface area contributed by atoms with Gasteiger partial charge in [0.15, 0.2) is 0 Å². The van der Waals surface area contributed by atoms with Gasteiger partial charge in [0.2, 0.25) is 0 Å². The highest BCUT2D eigenvalue weighted by Crippen LogP contribution is 2.37. The van der Waals surface area contributed by atoms with Crippen molar-refractivity contribution in [3.63, 3.8) is 0 Å². The van der Waals surface area contributed by atoms with Crippen LogP contribution in [0.2, 0.25) is 0 Å². The predicted molar refractivity (Wildman–Crippen MR) is 144 cm³/mol. The van der Waals surface area contributed by atoms with Crippen molar-refractivity contribution < 1.29 is 0 Å². The molecule has 0 saturated carbocycles. The van der Waals surface area contributed by atoms with Gasteiger partial charge in [-0.25, -0.2) is 19.9 Å². The van der Waals surface area contributed by atoms with Crippen LogP contribution < -0.4 is 11.1 Å². The lowest BCUT2D eigenvalue weighted by Gasteiger charge is -2.20. The molecule has 5 aromatic rings. The molecule has 0 aliphatic rings.